The Kier molecular flexibility index (Phi) is 5.61. The van der Waals surface area contributed by atoms with Crippen molar-refractivity contribution >= 4 is 55.0 Å². The van der Waals surface area contributed by atoms with Gasteiger partial charge in [0.25, 0.3) is 0 Å². The van der Waals surface area contributed by atoms with E-state index in [-0.39, 0.29) is 17.5 Å². The van der Waals surface area contributed by atoms with Gasteiger partial charge in [0.05, 0.1) is 11.6 Å². The zero-order chi connectivity index (χ0) is 13.0. The average Bonchev–Trinajstić information content (AvgIpc) is 2.22. The molecule has 0 fully saturated rings. The minimum atomic E-state index is -2.88. The fraction of sp³-hybridized carbons (Fsp3) is 0.222. The molecule has 0 aliphatic heterocycles. The van der Waals surface area contributed by atoms with Crippen LogP contribution in [0.4, 0.5) is 14.5 Å². The Morgan fingerprint density at radius 1 is 1.41 bits per heavy atom. The number of hydrogen-bond donors (Lipinski definition) is 1. The Balaban J connectivity index is 3.10. The second-order valence-electron chi connectivity index (χ2n) is 2.85. The summed E-state index contributed by atoms with van der Waals surface area (Å²) >= 11 is 11.9. The van der Waals surface area contributed by atoms with Crippen LogP contribution in [-0.2, 0) is 0 Å². The molecule has 0 unspecified atom stereocenters. The van der Waals surface area contributed by atoms with E-state index in [9.17, 15) is 8.78 Å². The van der Waals surface area contributed by atoms with Gasteiger partial charge in [0.15, 0.2) is 0 Å². The first-order valence-corrected chi connectivity index (χ1v) is 6.39. The third kappa shape index (κ3) is 4.40. The van der Waals surface area contributed by atoms with E-state index in [4.69, 9.17) is 17.3 Å². The maximum Gasteiger partial charge on any atom is 0.387 e. The Bertz CT molecular complexity index is 420. The van der Waals surface area contributed by atoms with E-state index in [0.29, 0.717) is 14.6 Å². The zero-order valence-electron chi connectivity index (χ0n) is 8.26. The normalized spacial score (nSPS) is 12.0. The Morgan fingerprint density at radius 3 is 2.35 bits per heavy atom. The lowest BCUT2D eigenvalue weighted by Gasteiger charge is -2.08. The number of rotatable bonds is 4. The monoisotopic (exact) mass is 390 g/mol. The highest BCUT2D eigenvalue weighted by Gasteiger charge is 2.11. The second kappa shape index (κ2) is 6.51. The highest BCUT2D eigenvalue weighted by molar-refractivity contribution is 9.11. The molecular formula is C9H7Br2ClF2N2O. The molecule has 0 spiro atoms. The van der Waals surface area contributed by atoms with E-state index >= 15 is 0 Å². The summed E-state index contributed by atoms with van der Waals surface area (Å²) in [6.45, 7) is -2.88. The first kappa shape index (κ1) is 14.7. The fourth-order valence-corrected chi connectivity index (χ4v) is 2.37. The van der Waals surface area contributed by atoms with Crippen LogP contribution in [-0.4, -0.2) is 18.3 Å². The summed E-state index contributed by atoms with van der Waals surface area (Å²) in [6.07, 6.45) is 0. The Morgan fingerprint density at radius 2 is 1.94 bits per heavy atom. The van der Waals surface area contributed by atoms with Gasteiger partial charge in [-0.1, -0.05) is 0 Å². The van der Waals surface area contributed by atoms with Crippen molar-refractivity contribution in [3.63, 3.8) is 0 Å². The van der Waals surface area contributed by atoms with Crippen LogP contribution in [0.25, 0.3) is 0 Å². The van der Waals surface area contributed by atoms with Gasteiger partial charge in [-0.2, -0.15) is 8.78 Å². The van der Waals surface area contributed by atoms with Gasteiger partial charge >= 0.3 is 6.61 Å². The van der Waals surface area contributed by atoms with Crippen molar-refractivity contribution in [3.05, 3.63) is 21.1 Å². The topological polar surface area (TPSA) is 47.6 Å². The van der Waals surface area contributed by atoms with Crippen LogP contribution in [0.15, 0.2) is 26.1 Å². The van der Waals surface area contributed by atoms with Crippen molar-refractivity contribution in [1.29, 1.82) is 0 Å². The number of ether oxygens (including phenoxy) is 1. The fourth-order valence-electron chi connectivity index (χ4n) is 0.993. The van der Waals surface area contributed by atoms with E-state index in [0.717, 1.165) is 0 Å². The molecule has 0 radical (unpaired) electrons. The lowest BCUT2D eigenvalue weighted by atomic mass is 10.3. The van der Waals surface area contributed by atoms with Gasteiger partial charge < -0.3 is 10.5 Å². The number of hydrogen-bond acceptors (Lipinski definition) is 2. The summed E-state index contributed by atoms with van der Waals surface area (Å²) in [6, 6.07) is 2.74. The molecule has 0 atom stereocenters. The molecule has 0 heterocycles. The minimum Gasteiger partial charge on any atom is -0.435 e. The van der Waals surface area contributed by atoms with Crippen LogP contribution in [0.2, 0.25) is 0 Å². The lowest BCUT2D eigenvalue weighted by molar-refractivity contribution is -0.0499. The molecule has 1 aromatic carbocycles. The van der Waals surface area contributed by atoms with Gasteiger partial charge in [0.1, 0.15) is 11.6 Å². The smallest absolute Gasteiger partial charge is 0.387 e. The quantitative estimate of drug-likeness (QED) is 0.478. The molecule has 0 saturated carbocycles. The molecule has 94 valence electrons. The number of aliphatic imine (C=N–C) groups is 1. The van der Waals surface area contributed by atoms with E-state index in [1.807, 2.05) is 0 Å². The van der Waals surface area contributed by atoms with Crippen molar-refractivity contribution in [2.75, 3.05) is 5.88 Å². The second-order valence-corrected chi connectivity index (χ2v) is 4.83. The molecule has 1 aromatic rings. The lowest BCUT2D eigenvalue weighted by Crippen LogP contribution is -2.12. The molecule has 1 rings (SSSR count). The number of alkyl halides is 3. The summed E-state index contributed by atoms with van der Waals surface area (Å²) in [5.74, 6) is 0.312. The van der Waals surface area contributed by atoms with Crippen LogP contribution in [0.3, 0.4) is 0 Å². The van der Waals surface area contributed by atoms with Gasteiger partial charge in [-0.3, -0.25) is 0 Å². The molecule has 3 nitrogen and oxygen atoms in total. The van der Waals surface area contributed by atoms with Crippen molar-refractivity contribution in [2.45, 2.75) is 6.61 Å². The van der Waals surface area contributed by atoms with Gasteiger partial charge in [0, 0.05) is 8.95 Å². The molecule has 0 aromatic heterocycles. The predicted molar refractivity (Wildman–Crippen MR) is 70.5 cm³/mol. The van der Waals surface area contributed by atoms with E-state index in [2.05, 4.69) is 41.6 Å². The highest BCUT2D eigenvalue weighted by atomic mass is 79.9. The van der Waals surface area contributed by atoms with Crippen molar-refractivity contribution in [1.82, 2.24) is 0 Å². The highest BCUT2D eigenvalue weighted by Crippen LogP contribution is 2.37. The van der Waals surface area contributed by atoms with Crippen LogP contribution in [0.5, 0.6) is 5.75 Å². The summed E-state index contributed by atoms with van der Waals surface area (Å²) in [5.41, 5.74) is 5.95. The molecular weight excluding hydrogens is 385 g/mol. The van der Waals surface area contributed by atoms with Crippen molar-refractivity contribution in [3.8, 4) is 5.75 Å². The summed E-state index contributed by atoms with van der Waals surface area (Å²) in [4.78, 5) is 4.02. The molecule has 0 aliphatic rings. The summed E-state index contributed by atoms with van der Waals surface area (Å²) < 4.78 is 29.3. The van der Waals surface area contributed by atoms with Gasteiger partial charge in [-0.15, -0.1) is 11.6 Å². The van der Waals surface area contributed by atoms with Crippen molar-refractivity contribution < 1.29 is 13.5 Å². The molecule has 2 N–H and O–H groups in total. The minimum absolute atomic E-state index is 0.0159. The molecule has 0 bridgehead atoms. The summed E-state index contributed by atoms with van der Waals surface area (Å²) in [5, 5.41) is 0. The average molecular weight is 392 g/mol. The standard InChI is InChI=1S/C9H7Br2ClF2N2O/c10-5-1-4(17-9(13)14)2-6(11)8(5)16-7(15)3-12/h1-2,9H,3H2,(H2,15,16). The van der Waals surface area contributed by atoms with E-state index in [1.54, 1.807) is 0 Å². The maximum atomic E-state index is 12.0. The van der Waals surface area contributed by atoms with Crippen molar-refractivity contribution in [2.24, 2.45) is 10.7 Å². The first-order chi connectivity index (χ1) is 7.93. The van der Waals surface area contributed by atoms with Crippen LogP contribution in [0, 0.1) is 0 Å². The van der Waals surface area contributed by atoms with E-state index in [1.165, 1.54) is 12.1 Å². The summed E-state index contributed by atoms with van der Waals surface area (Å²) in [7, 11) is 0. The third-order valence-electron chi connectivity index (χ3n) is 1.61. The number of amidine groups is 1. The predicted octanol–water partition coefficient (Wildman–Crippen LogP) is 4.04. The molecule has 8 heteroatoms. The zero-order valence-corrected chi connectivity index (χ0v) is 12.2. The van der Waals surface area contributed by atoms with Gasteiger partial charge in [-0.05, 0) is 44.0 Å². The first-order valence-electron chi connectivity index (χ1n) is 4.27. The van der Waals surface area contributed by atoms with Gasteiger partial charge in [-0.25, -0.2) is 4.99 Å². The van der Waals surface area contributed by atoms with Crippen LogP contribution >= 0.6 is 43.5 Å². The number of nitrogens with zero attached hydrogens (tertiary/aromatic N) is 1. The molecule has 0 aliphatic carbocycles. The van der Waals surface area contributed by atoms with Crippen LogP contribution < -0.4 is 10.5 Å². The number of benzene rings is 1. The SMILES string of the molecule is NC(CCl)=Nc1c(Br)cc(OC(F)F)cc1Br. The third-order valence-corrected chi connectivity index (χ3v) is 3.09. The van der Waals surface area contributed by atoms with E-state index < -0.39 is 6.61 Å². The molecule has 17 heavy (non-hydrogen) atoms. The van der Waals surface area contributed by atoms with Gasteiger partial charge in [0.2, 0.25) is 0 Å². The Labute approximate surface area is 118 Å². The number of halogens is 5. The number of nitrogens with two attached hydrogens (primary N) is 1. The molecule has 0 amide bonds. The largest absolute Gasteiger partial charge is 0.435 e. The Hall–Kier alpha value is -0.400. The molecule has 0 saturated heterocycles. The van der Waals surface area contributed by atoms with Crippen LogP contribution in [0.1, 0.15) is 0 Å². The maximum absolute atomic E-state index is 12.0.